The summed E-state index contributed by atoms with van der Waals surface area (Å²) in [6, 6.07) is 12.8. The van der Waals surface area contributed by atoms with E-state index in [-0.39, 0.29) is 36.4 Å². The Balaban J connectivity index is 1.80. The minimum atomic E-state index is -0.477. The molecule has 0 aromatic heterocycles. The van der Waals surface area contributed by atoms with Crippen LogP contribution < -0.4 is 10.6 Å². The lowest BCUT2D eigenvalue weighted by Gasteiger charge is -2.14. The number of rotatable bonds is 7. The molecule has 2 aromatic carbocycles. The zero-order valence-corrected chi connectivity index (χ0v) is 14.0. The molecule has 2 amide bonds. The molecule has 1 unspecified atom stereocenters. The van der Waals surface area contributed by atoms with E-state index in [1.54, 1.807) is 37.3 Å². The first-order chi connectivity index (χ1) is 12.0. The maximum Gasteiger partial charge on any atom is 0.251 e. The van der Waals surface area contributed by atoms with Crippen LogP contribution in [0.5, 0.6) is 0 Å². The Labute approximate surface area is 145 Å². The first kappa shape index (κ1) is 18.6. The van der Waals surface area contributed by atoms with Gasteiger partial charge in [0.1, 0.15) is 5.82 Å². The van der Waals surface area contributed by atoms with E-state index in [1.807, 2.05) is 6.07 Å². The zero-order chi connectivity index (χ0) is 18.2. The summed E-state index contributed by atoms with van der Waals surface area (Å²) >= 11 is 0. The molecule has 25 heavy (non-hydrogen) atoms. The molecule has 2 aromatic rings. The maximum absolute atomic E-state index is 13.3. The van der Waals surface area contributed by atoms with Crippen molar-refractivity contribution < 1.29 is 19.1 Å². The third-order valence-electron chi connectivity index (χ3n) is 3.68. The molecule has 132 valence electrons. The largest absolute Gasteiger partial charge is 0.392 e. The molecule has 0 bridgehead atoms. The van der Waals surface area contributed by atoms with E-state index in [4.69, 9.17) is 5.11 Å². The van der Waals surface area contributed by atoms with E-state index in [0.29, 0.717) is 11.1 Å². The van der Waals surface area contributed by atoms with Gasteiger partial charge in [-0.3, -0.25) is 9.59 Å². The van der Waals surface area contributed by atoms with Crippen molar-refractivity contribution in [1.29, 1.82) is 0 Å². The van der Waals surface area contributed by atoms with E-state index in [1.165, 1.54) is 12.1 Å². The highest BCUT2D eigenvalue weighted by Gasteiger charge is 2.13. The number of amides is 2. The van der Waals surface area contributed by atoms with Crippen LogP contribution in [-0.4, -0.2) is 23.0 Å². The third kappa shape index (κ3) is 5.69. The van der Waals surface area contributed by atoms with Gasteiger partial charge < -0.3 is 15.7 Å². The number of carbonyl (C=O) groups excluding carboxylic acids is 2. The van der Waals surface area contributed by atoms with Crippen LogP contribution in [0.3, 0.4) is 0 Å². The van der Waals surface area contributed by atoms with Gasteiger partial charge in [0.15, 0.2) is 0 Å². The van der Waals surface area contributed by atoms with Gasteiger partial charge >= 0.3 is 0 Å². The van der Waals surface area contributed by atoms with Crippen LogP contribution in [0.25, 0.3) is 0 Å². The minimum absolute atomic E-state index is 0.132. The fraction of sp³-hybridized carbons (Fsp3) is 0.263. The van der Waals surface area contributed by atoms with E-state index in [9.17, 15) is 14.0 Å². The van der Waals surface area contributed by atoms with Crippen molar-refractivity contribution in [3.05, 3.63) is 71.0 Å². The molecule has 0 saturated carbocycles. The van der Waals surface area contributed by atoms with Crippen LogP contribution in [0, 0.1) is 5.82 Å². The number of benzene rings is 2. The average molecular weight is 344 g/mol. The smallest absolute Gasteiger partial charge is 0.251 e. The predicted octanol–water partition coefficient (Wildman–Crippen LogP) is 2.14. The molecular formula is C19H21FN2O3. The van der Waals surface area contributed by atoms with Crippen LogP contribution in [0.1, 0.15) is 34.8 Å². The quantitative estimate of drug-likeness (QED) is 0.720. The predicted molar refractivity (Wildman–Crippen MR) is 92.2 cm³/mol. The van der Waals surface area contributed by atoms with Crippen molar-refractivity contribution in [2.45, 2.75) is 32.5 Å². The summed E-state index contributed by atoms with van der Waals surface area (Å²) in [5.74, 6) is -0.933. The molecule has 2 rings (SSSR count). The molecular weight excluding hydrogens is 323 g/mol. The topological polar surface area (TPSA) is 78.4 Å². The Morgan fingerprint density at radius 1 is 1.16 bits per heavy atom. The summed E-state index contributed by atoms with van der Waals surface area (Å²) in [5.41, 5.74) is 1.42. The average Bonchev–Trinajstić information content (AvgIpc) is 2.61. The van der Waals surface area contributed by atoms with Gasteiger partial charge in [0.05, 0.1) is 6.61 Å². The second-order valence-electron chi connectivity index (χ2n) is 5.81. The summed E-state index contributed by atoms with van der Waals surface area (Å²) in [6.07, 6.45) is 0.132. The number of nitrogens with one attached hydrogen (secondary N) is 2. The fourth-order valence-corrected chi connectivity index (χ4v) is 2.36. The van der Waals surface area contributed by atoms with Crippen LogP contribution in [0.4, 0.5) is 4.39 Å². The Morgan fingerprint density at radius 2 is 1.88 bits per heavy atom. The van der Waals surface area contributed by atoms with E-state index in [0.717, 1.165) is 0 Å². The summed E-state index contributed by atoms with van der Waals surface area (Å²) < 4.78 is 13.3. The molecule has 0 aliphatic carbocycles. The lowest BCUT2D eigenvalue weighted by molar-refractivity contribution is -0.121. The standard InChI is InChI=1S/C19H21FN2O3/c1-13(22-19(25)15-5-3-2-4-6-15)9-18(24)21-11-14-7-8-17(20)16(10-14)12-23/h2-8,10,13,23H,9,11-12H2,1H3,(H,21,24)(H,22,25). The normalized spacial score (nSPS) is 11.6. The molecule has 6 heteroatoms. The van der Waals surface area contributed by atoms with Gasteiger partial charge in [-0.25, -0.2) is 4.39 Å². The lowest BCUT2D eigenvalue weighted by atomic mass is 10.1. The van der Waals surface area contributed by atoms with Crippen molar-refractivity contribution in [2.24, 2.45) is 0 Å². The van der Waals surface area contributed by atoms with Crippen LogP contribution >= 0.6 is 0 Å². The Morgan fingerprint density at radius 3 is 2.56 bits per heavy atom. The Bertz CT molecular complexity index is 735. The first-order valence-electron chi connectivity index (χ1n) is 8.00. The number of halogens is 1. The summed E-state index contributed by atoms with van der Waals surface area (Å²) in [5, 5.41) is 14.5. The molecule has 0 heterocycles. The molecule has 0 aliphatic heterocycles. The van der Waals surface area contributed by atoms with Crippen molar-refractivity contribution in [2.75, 3.05) is 0 Å². The van der Waals surface area contributed by atoms with Gasteiger partial charge in [-0.2, -0.15) is 0 Å². The molecule has 3 N–H and O–H groups in total. The molecule has 0 radical (unpaired) electrons. The van der Waals surface area contributed by atoms with E-state index < -0.39 is 12.4 Å². The Hall–Kier alpha value is -2.73. The van der Waals surface area contributed by atoms with Gasteiger partial charge in [-0.15, -0.1) is 0 Å². The maximum atomic E-state index is 13.3. The molecule has 5 nitrogen and oxygen atoms in total. The summed E-state index contributed by atoms with van der Waals surface area (Å²) in [6.45, 7) is 1.59. The van der Waals surface area contributed by atoms with Gasteiger partial charge in [-0.1, -0.05) is 24.3 Å². The van der Waals surface area contributed by atoms with Crippen molar-refractivity contribution in [1.82, 2.24) is 10.6 Å². The first-order valence-corrected chi connectivity index (χ1v) is 8.00. The number of hydrogen-bond donors (Lipinski definition) is 3. The van der Waals surface area contributed by atoms with Gasteiger partial charge in [0, 0.05) is 30.1 Å². The van der Waals surface area contributed by atoms with E-state index >= 15 is 0 Å². The number of carbonyl (C=O) groups is 2. The van der Waals surface area contributed by atoms with Crippen LogP contribution in [0.15, 0.2) is 48.5 Å². The minimum Gasteiger partial charge on any atom is -0.392 e. The number of aliphatic hydroxyl groups excluding tert-OH is 1. The number of hydrogen-bond acceptors (Lipinski definition) is 3. The highest BCUT2D eigenvalue weighted by Crippen LogP contribution is 2.10. The van der Waals surface area contributed by atoms with E-state index in [2.05, 4.69) is 10.6 Å². The summed E-state index contributed by atoms with van der Waals surface area (Å²) in [4.78, 5) is 24.0. The van der Waals surface area contributed by atoms with Crippen molar-refractivity contribution in [3.8, 4) is 0 Å². The second kappa shape index (κ2) is 8.94. The highest BCUT2D eigenvalue weighted by molar-refractivity contribution is 5.94. The highest BCUT2D eigenvalue weighted by atomic mass is 19.1. The van der Waals surface area contributed by atoms with Crippen molar-refractivity contribution >= 4 is 11.8 Å². The molecule has 0 aliphatic rings. The monoisotopic (exact) mass is 344 g/mol. The number of aliphatic hydroxyl groups is 1. The molecule has 0 saturated heterocycles. The van der Waals surface area contributed by atoms with Gasteiger partial charge in [0.25, 0.3) is 5.91 Å². The SMILES string of the molecule is CC(CC(=O)NCc1ccc(F)c(CO)c1)NC(=O)c1ccccc1. The molecule has 0 fully saturated rings. The zero-order valence-electron chi connectivity index (χ0n) is 14.0. The third-order valence-corrected chi connectivity index (χ3v) is 3.68. The van der Waals surface area contributed by atoms with Crippen LogP contribution in [0.2, 0.25) is 0 Å². The Kier molecular flexibility index (Phi) is 6.65. The van der Waals surface area contributed by atoms with Gasteiger partial charge in [-0.05, 0) is 36.8 Å². The lowest BCUT2D eigenvalue weighted by Crippen LogP contribution is -2.37. The molecule has 0 spiro atoms. The summed E-state index contributed by atoms with van der Waals surface area (Å²) in [7, 11) is 0. The van der Waals surface area contributed by atoms with Crippen LogP contribution in [-0.2, 0) is 17.9 Å². The van der Waals surface area contributed by atoms with Gasteiger partial charge in [0.2, 0.25) is 5.91 Å². The van der Waals surface area contributed by atoms with Crippen molar-refractivity contribution in [3.63, 3.8) is 0 Å². The fourth-order valence-electron chi connectivity index (χ4n) is 2.36. The molecule has 1 atom stereocenters. The second-order valence-corrected chi connectivity index (χ2v) is 5.81.